The van der Waals surface area contributed by atoms with Gasteiger partial charge in [-0.25, -0.2) is 0 Å². The largest absolute Gasteiger partial charge is 0.324 e. The average molecular weight is 431 g/mol. The van der Waals surface area contributed by atoms with Gasteiger partial charge < -0.3 is 5.32 Å². The fourth-order valence-electron chi connectivity index (χ4n) is 3.43. The van der Waals surface area contributed by atoms with E-state index in [0.29, 0.717) is 16.5 Å². The smallest absolute Gasteiger partial charge is 0.294 e. The molecule has 6 heteroatoms. The molecule has 1 saturated heterocycles. The molecule has 3 aromatic rings. The van der Waals surface area contributed by atoms with Crippen LogP contribution in [0.25, 0.3) is 16.8 Å². The van der Waals surface area contributed by atoms with Gasteiger partial charge in [0.1, 0.15) is 6.54 Å². The van der Waals surface area contributed by atoms with Crippen molar-refractivity contribution in [3.05, 3.63) is 82.8 Å². The van der Waals surface area contributed by atoms with Gasteiger partial charge in [0.2, 0.25) is 5.91 Å². The molecule has 0 aromatic heterocycles. The Kier molecular flexibility index (Phi) is 5.91. The topological polar surface area (TPSA) is 66.5 Å². The summed E-state index contributed by atoms with van der Waals surface area (Å²) in [6.07, 6.45) is 1.69. The molecule has 0 bridgehead atoms. The van der Waals surface area contributed by atoms with Crippen LogP contribution in [-0.2, 0) is 9.59 Å². The third-order valence-electron chi connectivity index (χ3n) is 5.14. The molecule has 5 nitrogen and oxygen atoms in total. The predicted molar refractivity (Wildman–Crippen MR) is 126 cm³/mol. The number of nitrogens with zero attached hydrogens (tertiary/aromatic N) is 1. The number of carbonyl (C=O) groups is 3. The fourth-order valence-corrected chi connectivity index (χ4v) is 4.27. The Bertz CT molecular complexity index is 1190. The Morgan fingerprint density at radius 2 is 1.71 bits per heavy atom. The SMILES string of the molecule is CC(C)c1ccc(/C=C2/SC(=O)N(CC(=O)Nc3cccc4ccccc34)C2=O)cc1. The van der Waals surface area contributed by atoms with E-state index in [4.69, 9.17) is 0 Å². The maximum Gasteiger partial charge on any atom is 0.294 e. The molecule has 156 valence electrons. The van der Waals surface area contributed by atoms with Gasteiger partial charge in [0.25, 0.3) is 11.1 Å². The fraction of sp³-hybridized carbons (Fsp3) is 0.160. The van der Waals surface area contributed by atoms with Crippen LogP contribution < -0.4 is 5.32 Å². The molecular weight excluding hydrogens is 408 g/mol. The number of nitrogens with one attached hydrogen (secondary N) is 1. The second kappa shape index (κ2) is 8.78. The van der Waals surface area contributed by atoms with E-state index < -0.39 is 17.1 Å². The molecular formula is C25H22N2O3S. The summed E-state index contributed by atoms with van der Waals surface area (Å²) in [7, 11) is 0. The van der Waals surface area contributed by atoms with Crippen molar-refractivity contribution < 1.29 is 14.4 Å². The Morgan fingerprint density at radius 1 is 1.00 bits per heavy atom. The molecule has 0 atom stereocenters. The van der Waals surface area contributed by atoms with Crippen LogP contribution in [-0.4, -0.2) is 28.5 Å². The van der Waals surface area contributed by atoms with Crippen LogP contribution in [0.5, 0.6) is 0 Å². The van der Waals surface area contributed by atoms with Gasteiger partial charge in [0.05, 0.1) is 4.91 Å². The van der Waals surface area contributed by atoms with Crippen LogP contribution in [0.15, 0.2) is 71.6 Å². The maximum atomic E-state index is 12.7. The molecule has 0 aliphatic carbocycles. The molecule has 1 aliphatic rings. The normalized spacial score (nSPS) is 15.3. The Labute approximate surface area is 185 Å². The van der Waals surface area contributed by atoms with Crippen LogP contribution >= 0.6 is 11.8 Å². The Balaban J connectivity index is 1.47. The van der Waals surface area contributed by atoms with Gasteiger partial charge in [-0.1, -0.05) is 74.5 Å². The molecule has 1 heterocycles. The molecule has 0 radical (unpaired) electrons. The summed E-state index contributed by atoms with van der Waals surface area (Å²) in [4.78, 5) is 39.0. The number of hydrogen-bond donors (Lipinski definition) is 1. The summed E-state index contributed by atoms with van der Waals surface area (Å²) >= 11 is 0.857. The zero-order valence-electron chi connectivity index (χ0n) is 17.3. The highest BCUT2D eigenvalue weighted by Crippen LogP contribution is 2.32. The minimum Gasteiger partial charge on any atom is -0.324 e. The first-order valence-electron chi connectivity index (χ1n) is 10.1. The molecule has 0 spiro atoms. The van der Waals surface area contributed by atoms with Crippen molar-refractivity contribution in [3.8, 4) is 0 Å². The highest BCUT2D eigenvalue weighted by atomic mass is 32.2. The summed E-state index contributed by atoms with van der Waals surface area (Å²) in [6.45, 7) is 3.91. The molecule has 3 aromatic carbocycles. The molecule has 3 amide bonds. The highest BCUT2D eigenvalue weighted by Gasteiger charge is 2.36. The molecule has 1 aliphatic heterocycles. The van der Waals surface area contributed by atoms with Crippen LogP contribution in [0.2, 0.25) is 0 Å². The number of carbonyl (C=O) groups excluding carboxylic acids is 3. The number of thioether (sulfide) groups is 1. The molecule has 1 fully saturated rings. The summed E-state index contributed by atoms with van der Waals surface area (Å²) < 4.78 is 0. The predicted octanol–water partition coefficient (Wildman–Crippen LogP) is 5.64. The maximum absolute atomic E-state index is 12.7. The van der Waals surface area contributed by atoms with Gasteiger partial charge in [-0.05, 0) is 46.3 Å². The third-order valence-corrected chi connectivity index (χ3v) is 6.05. The number of rotatable bonds is 5. The first-order valence-corrected chi connectivity index (χ1v) is 10.9. The van der Waals surface area contributed by atoms with Crippen molar-refractivity contribution >= 4 is 51.4 Å². The van der Waals surface area contributed by atoms with Crippen molar-refractivity contribution in [1.82, 2.24) is 4.90 Å². The monoisotopic (exact) mass is 430 g/mol. The quantitative estimate of drug-likeness (QED) is 0.532. The van der Waals surface area contributed by atoms with Crippen molar-refractivity contribution in [3.63, 3.8) is 0 Å². The van der Waals surface area contributed by atoms with E-state index in [9.17, 15) is 14.4 Å². The number of amides is 3. The molecule has 4 rings (SSSR count). The number of fused-ring (bicyclic) bond motifs is 1. The van der Waals surface area contributed by atoms with Gasteiger partial charge in [-0.15, -0.1) is 0 Å². The van der Waals surface area contributed by atoms with Crippen molar-refractivity contribution in [2.24, 2.45) is 0 Å². The summed E-state index contributed by atoms with van der Waals surface area (Å²) in [6, 6.07) is 21.2. The second-order valence-corrected chi connectivity index (χ2v) is 8.66. The lowest BCUT2D eigenvalue weighted by Gasteiger charge is -2.13. The minimum absolute atomic E-state index is 0.320. The highest BCUT2D eigenvalue weighted by molar-refractivity contribution is 8.18. The zero-order chi connectivity index (χ0) is 22.0. The van der Waals surface area contributed by atoms with Gasteiger partial charge in [-0.3, -0.25) is 19.3 Å². The van der Waals surface area contributed by atoms with E-state index in [2.05, 4.69) is 19.2 Å². The minimum atomic E-state index is -0.448. The van der Waals surface area contributed by atoms with Crippen LogP contribution in [0.4, 0.5) is 10.5 Å². The van der Waals surface area contributed by atoms with Crippen LogP contribution in [0.3, 0.4) is 0 Å². The van der Waals surface area contributed by atoms with Crippen LogP contribution in [0.1, 0.15) is 30.9 Å². The van der Waals surface area contributed by atoms with E-state index in [-0.39, 0.29) is 6.54 Å². The van der Waals surface area contributed by atoms with E-state index >= 15 is 0 Å². The lowest BCUT2D eigenvalue weighted by atomic mass is 10.0. The number of imide groups is 1. The van der Waals surface area contributed by atoms with E-state index in [1.165, 1.54) is 5.56 Å². The Hall–Kier alpha value is -3.38. The van der Waals surface area contributed by atoms with Crippen molar-refractivity contribution in [2.45, 2.75) is 19.8 Å². The van der Waals surface area contributed by atoms with Crippen molar-refractivity contribution in [1.29, 1.82) is 0 Å². The summed E-state index contributed by atoms with van der Waals surface area (Å²) in [5.41, 5.74) is 2.70. The van der Waals surface area contributed by atoms with Crippen LogP contribution in [0, 0.1) is 0 Å². The third kappa shape index (κ3) is 4.54. The lowest BCUT2D eigenvalue weighted by molar-refractivity contribution is -0.127. The number of hydrogen-bond acceptors (Lipinski definition) is 4. The summed E-state index contributed by atoms with van der Waals surface area (Å²) in [5, 5.41) is 4.28. The number of anilines is 1. The standard InChI is InChI=1S/C25H22N2O3S/c1-16(2)18-12-10-17(11-13-18)14-22-24(29)27(25(30)31-22)15-23(28)26-21-9-5-7-19-6-3-4-8-20(19)21/h3-14,16H,15H2,1-2H3,(H,26,28)/b22-14+. The molecule has 31 heavy (non-hydrogen) atoms. The van der Waals surface area contributed by atoms with Gasteiger partial charge in [0.15, 0.2) is 0 Å². The molecule has 0 saturated carbocycles. The van der Waals surface area contributed by atoms with E-state index in [1.807, 2.05) is 60.7 Å². The molecule has 1 N–H and O–H groups in total. The van der Waals surface area contributed by atoms with Gasteiger partial charge >= 0.3 is 0 Å². The second-order valence-electron chi connectivity index (χ2n) is 7.66. The Morgan fingerprint density at radius 3 is 2.45 bits per heavy atom. The van der Waals surface area contributed by atoms with Gasteiger partial charge in [-0.2, -0.15) is 0 Å². The first-order chi connectivity index (χ1) is 14.9. The van der Waals surface area contributed by atoms with E-state index in [0.717, 1.165) is 33.0 Å². The van der Waals surface area contributed by atoms with E-state index in [1.54, 1.807) is 12.1 Å². The number of benzene rings is 3. The van der Waals surface area contributed by atoms with Crippen molar-refractivity contribution in [2.75, 3.05) is 11.9 Å². The lowest BCUT2D eigenvalue weighted by Crippen LogP contribution is -2.36. The zero-order valence-corrected chi connectivity index (χ0v) is 18.1. The molecule has 0 unspecified atom stereocenters. The van der Waals surface area contributed by atoms with Gasteiger partial charge in [0, 0.05) is 11.1 Å². The summed E-state index contributed by atoms with van der Waals surface area (Å²) in [5.74, 6) is -0.446. The first kappa shape index (κ1) is 20.9. The average Bonchev–Trinajstić information content (AvgIpc) is 3.01.